The molecule has 25 heavy (non-hydrogen) atoms. The van der Waals surface area contributed by atoms with Crippen LogP contribution in [0.2, 0.25) is 5.02 Å². The van der Waals surface area contributed by atoms with Crippen molar-refractivity contribution in [2.75, 3.05) is 5.32 Å². The monoisotopic (exact) mass is 372 g/mol. The molecule has 11 heteroatoms. The van der Waals surface area contributed by atoms with E-state index in [1.807, 2.05) is 0 Å². The van der Waals surface area contributed by atoms with Crippen LogP contribution < -0.4 is 5.32 Å². The molecule has 7 nitrogen and oxygen atoms in total. The Labute approximate surface area is 143 Å². The van der Waals surface area contributed by atoms with Crippen LogP contribution in [0.25, 0.3) is 5.76 Å². The summed E-state index contributed by atoms with van der Waals surface area (Å²) in [5.41, 5.74) is -1.81. The number of pyridine rings is 1. The van der Waals surface area contributed by atoms with E-state index in [1.165, 1.54) is 13.0 Å². The summed E-state index contributed by atoms with van der Waals surface area (Å²) in [6, 6.07) is 2.06. The zero-order valence-electron chi connectivity index (χ0n) is 12.3. The average Bonchev–Trinajstić information content (AvgIpc) is 2.95. The number of amides is 1. The van der Waals surface area contributed by atoms with Gasteiger partial charge in [-0.25, -0.2) is 4.98 Å². The molecule has 0 aliphatic heterocycles. The fraction of sp³-hybridized carbons (Fsp3) is 0.143. The first-order chi connectivity index (χ1) is 11.6. The van der Waals surface area contributed by atoms with Crippen molar-refractivity contribution in [1.82, 2.24) is 10.1 Å². The van der Waals surface area contributed by atoms with Crippen LogP contribution in [0.3, 0.4) is 0 Å². The predicted octanol–water partition coefficient (Wildman–Crippen LogP) is 3.48. The Bertz CT molecular complexity index is 899. The quantitative estimate of drug-likeness (QED) is 0.484. The largest absolute Gasteiger partial charge is 0.506 e. The van der Waals surface area contributed by atoms with Crippen LogP contribution in [0.1, 0.15) is 16.9 Å². The molecule has 0 saturated heterocycles. The van der Waals surface area contributed by atoms with Crippen LogP contribution in [0.5, 0.6) is 0 Å². The second kappa shape index (κ2) is 6.82. The zero-order valence-corrected chi connectivity index (χ0v) is 13.1. The Balaban J connectivity index is 2.33. The van der Waals surface area contributed by atoms with Gasteiger partial charge in [-0.3, -0.25) is 4.79 Å². The minimum absolute atomic E-state index is 0.0122. The first kappa shape index (κ1) is 18.3. The number of aryl methyl sites for hydroxylation is 1. The molecule has 0 fully saturated rings. The highest BCUT2D eigenvalue weighted by molar-refractivity contribution is 6.33. The summed E-state index contributed by atoms with van der Waals surface area (Å²) in [6.45, 7) is 1.44. The Morgan fingerprint density at radius 2 is 2.12 bits per heavy atom. The minimum atomic E-state index is -4.65. The fourth-order valence-electron chi connectivity index (χ4n) is 1.73. The van der Waals surface area contributed by atoms with Gasteiger partial charge in [0.05, 0.1) is 22.3 Å². The molecule has 2 heterocycles. The number of aliphatic hydroxyl groups is 1. The standard InChI is InChI=1S/C14H8ClF3N4O3/c1-6-9(5-21-25-6)11(23)8(3-19)13(24)22-12-10(15)2-7(4-20-12)14(16,17)18/h2,4-5,23H,1H3,(H,20,22,24). The topological polar surface area (TPSA) is 112 Å². The smallest absolute Gasteiger partial charge is 0.417 e. The van der Waals surface area contributed by atoms with Gasteiger partial charge >= 0.3 is 6.18 Å². The number of nitrogens with zero attached hydrogens (tertiary/aromatic N) is 3. The summed E-state index contributed by atoms with van der Waals surface area (Å²) in [4.78, 5) is 15.5. The minimum Gasteiger partial charge on any atom is -0.506 e. The van der Waals surface area contributed by atoms with E-state index >= 15 is 0 Å². The maximum Gasteiger partial charge on any atom is 0.417 e. The Morgan fingerprint density at radius 1 is 1.44 bits per heavy atom. The first-order valence-electron chi connectivity index (χ1n) is 6.44. The lowest BCUT2D eigenvalue weighted by Gasteiger charge is -2.10. The molecule has 2 aromatic heterocycles. The van der Waals surface area contributed by atoms with Crippen molar-refractivity contribution >= 4 is 29.1 Å². The summed E-state index contributed by atoms with van der Waals surface area (Å²) in [5.74, 6) is -2.07. The number of alkyl halides is 3. The Morgan fingerprint density at radius 3 is 2.60 bits per heavy atom. The normalized spacial score (nSPS) is 12.3. The number of aliphatic hydroxyl groups excluding tert-OH is 1. The molecule has 0 saturated carbocycles. The third-order valence-corrected chi connectivity index (χ3v) is 3.27. The number of anilines is 1. The van der Waals surface area contributed by atoms with E-state index in [1.54, 1.807) is 0 Å². The summed E-state index contributed by atoms with van der Waals surface area (Å²) < 4.78 is 42.4. The summed E-state index contributed by atoms with van der Waals surface area (Å²) in [6.07, 6.45) is -3.08. The highest BCUT2D eigenvalue weighted by atomic mass is 35.5. The molecule has 2 aromatic rings. The van der Waals surface area contributed by atoms with Crippen molar-refractivity contribution in [3.05, 3.63) is 45.9 Å². The predicted molar refractivity (Wildman–Crippen MR) is 79.3 cm³/mol. The molecule has 0 aliphatic carbocycles. The summed E-state index contributed by atoms with van der Waals surface area (Å²) in [5, 5.41) is 24.1. The molecule has 2 N–H and O–H groups in total. The molecule has 0 unspecified atom stereocenters. The second-order valence-electron chi connectivity index (χ2n) is 4.64. The van der Waals surface area contributed by atoms with Gasteiger partial charge in [0.1, 0.15) is 11.8 Å². The number of halogens is 4. The van der Waals surface area contributed by atoms with Gasteiger partial charge in [-0.2, -0.15) is 18.4 Å². The van der Waals surface area contributed by atoms with E-state index in [4.69, 9.17) is 21.4 Å². The van der Waals surface area contributed by atoms with Crippen molar-refractivity contribution in [2.24, 2.45) is 0 Å². The lowest BCUT2D eigenvalue weighted by Crippen LogP contribution is -2.17. The summed E-state index contributed by atoms with van der Waals surface area (Å²) in [7, 11) is 0. The Kier molecular flexibility index (Phi) is 4.99. The van der Waals surface area contributed by atoms with Gasteiger partial charge in [0.2, 0.25) is 0 Å². The Hall–Kier alpha value is -3.06. The molecule has 0 radical (unpaired) electrons. The number of rotatable bonds is 3. The third-order valence-electron chi connectivity index (χ3n) is 2.98. The van der Waals surface area contributed by atoms with Gasteiger partial charge in [-0.05, 0) is 13.0 Å². The lowest BCUT2D eigenvalue weighted by atomic mass is 10.1. The molecule has 0 aliphatic rings. The van der Waals surface area contributed by atoms with Gasteiger partial charge in [-0.15, -0.1) is 0 Å². The zero-order chi connectivity index (χ0) is 18.8. The molecule has 0 bridgehead atoms. The maximum atomic E-state index is 12.6. The maximum absolute atomic E-state index is 12.6. The highest BCUT2D eigenvalue weighted by Crippen LogP contribution is 2.32. The average molecular weight is 373 g/mol. The van der Waals surface area contributed by atoms with E-state index in [0.717, 1.165) is 6.20 Å². The number of carbonyl (C=O) groups excluding carboxylic acids is 1. The fourth-order valence-corrected chi connectivity index (χ4v) is 1.94. The van der Waals surface area contributed by atoms with Crippen molar-refractivity contribution in [1.29, 1.82) is 5.26 Å². The van der Waals surface area contributed by atoms with Gasteiger partial charge in [0.25, 0.3) is 5.91 Å². The van der Waals surface area contributed by atoms with Crippen molar-refractivity contribution in [2.45, 2.75) is 13.1 Å². The second-order valence-corrected chi connectivity index (χ2v) is 5.04. The number of hydrogen-bond donors (Lipinski definition) is 2. The van der Waals surface area contributed by atoms with Gasteiger partial charge in [0, 0.05) is 6.20 Å². The number of carbonyl (C=O) groups is 1. The van der Waals surface area contributed by atoms with Crippen LogP contribution in [-0.4, -0.2) is 21.2 Å². The molecular formula is C14H8ClF3N4O3. The highest BCUT2D eigenvalue weighted by Gasteiger charge is 2.32. The molecule has 0 aromatic carbocycles. The van der Waals surface area contributed by atoms with E-state index in [2.05, 4.69) is 15.5 Å². The number of nitrogens with one attached hydrogen (secondary N) is 1. The molecule has 2 rings (SSSR count). The SMILES string of the molecule is Cc1oncc1C(O)=C(C#N)C(=O)Nc1ncc(C(F)(F)F)cc1Cl. The number of nitriles is 1. The lowest BCUT2D eigenvalue weighted by molar-refractivity contribution is -0.137. The van der Waals surface area contributed by atoms with Crippen molar-refractivity contribution in [3.63, 3.8) is 0 Å². The van der Waals surface area contributed by atoms with E-state index in [0.29, 0.717) is 12.3 Å². The summed E-state index contributed by atoms with van der Waals surface area (Å²) >= 11 is 5.67. The van der Waals surface area contributed by atoms with Crippen molar-refractivity contribution < 1.29 is 27.6 Å². The van der Waals surface area contributed by atoms with Crippen molar-refractivity contribution in [3.8, 4) is 6.07 Å². The van der Waals surface area contributed by atoms with Crippen LogP contribution in [0, 0.1) is 18.3 Å². The van der Waals surface area contributed by atoms with Crippen LogP contribution in [0.15, 0.2) is 28.6 Å². The van der Waals surface area contributed by atoms with Gasteiger partial charge < -0.3 is 14.9 Å². The molecule has 0 spiro atoms. The number of aromatic nitrogens is 2. The van der Waals surface area contributed by atoms with Crippen LogP contribution >= 0.6 is 11.6 Å². The number of hydrogen-bond acceptors (Lipinski definition) is 6. The van der Waals surface area contributed by atoms with E-state index in [9.17, 15) is 23.1 Å². The van der Waals surface area contributed by atoms with Gasteiger partial charge in [0.15, 0.2) is 17.2 Å². The molecular weight excluding hydrogens is 365 g/mol. The molecule has 0 atom stereocenters. The first-order valence-corrected chi connectivity index (χ1v) is 6.82. The third kappa shape index (κ3) is 3.89. The van der Waals surface area contributed by atoms with Gasteiger partial charge in [-0.1, -0.05) is 16.8 Å². The van der Waals surface area contributed by atoms with Crippen LogP contribution in [-0.2, 0) is 11.0 Å². The van der Waals surface area contributed by atoms with E-state index in [-0.39, 0.29) is 11.3 Å². The van der Waals surface area contributed by atoms with E-state index < -0.39 is 39.8 Å². The van der Waals surface area contributed by atoms with Crippen LogP contribution in [0.4, 0.5) is 19.0 Å². The molecule has 1 amide bonds. The molecule has 130 valence electrons.